The van der Waals surface area contributed by atoms with E-state index in [1.54, 1.807) is 6.33 Å². The minimum Gasteiger partial charge on any atom is -0.367 e. The summed E-state index contributed by atoms with van der Waals surface area (Å²) in [7, 11) is 0. The van der Waals surface area contributed by atoms with Crippen LogP contribution in [0.5, 0.6) is 0 Å². The molecule has 0 spiro atoms. The highest BCUT2D eigenvalue weighted by Gasteiger charge is 2.14. The van der Waals surface area contributed by atoms with Crippen molar-refractivity contribution >= 4 is 32.8 Å². The molecule has 1 atom stereocenters. The minimum atomic E-state index is 0.188. The third-order valence-electron chi connectivity index (χ3n) is 3.35. The largest absolute Gasteiger partial charge is 0.367 e. The molecule has 1 N–H and O–H groups in total. The third-order valence-corrected chi connectivity index (χ3v) is 4.17. The van der Waals surface area contributed by atoms with E-state index >= 15 is 0 Å². The zero-order valence-corrected chi connectivity index (χ0v) is 14.2. The number of aromatic nitrogens is 4. The van der Waals surface area contributed by atoms with E-state index in [0.29, 0.717) is 12.6 Å². The van der Waals surface area contributed by atoms with Gasteiger partial charge in [0, 0.05) is 6.04 Å². The highest BCUT2D eigenvalue weighted by molar-refractivity contribution is 9.09. The van der Waals surface area contributed by atoms with Crippen molar-refractivity contribution in [3.63, 3.8) is 0 Å². The van der Waals surface area contributed by atoms with Crippen LogP contribution in [-0.2, 0) is 6.54 Å². The van der Waals surface area contributed by atoms with Crippen LogP contribution in [0.15, 0.2) is 42.9 Å². The number of fused-ring (bicyclic) bond motifs is 1. The molecular weight excluding hydrogens is 342 g/mol. The van der Waals surface area contributed by atoms with Crippen LogP contribution in [0.2, 0.25) is 0 Å². The Morgan fingerprint density at radius 1 is 1.18 bits per heavy atom. The zero-order chi connectivity index (χ0) is 15.5. The standard InChI is InChI=1S/C16H18BrN5/c1-11(2)21-15-13-8-20-22(16(13)19-10-18-15)9-14(17)12-6-4-3-5-7-12/h3-8,10-11,14H,9H2,1-2H3,(H,18,19,21). The van der Waals surface area contributed by atoms with Gasteiger partial charge in [0.25, 0.3) is 0 Å². The molecule has 6 heteroatoms. The van der Waals surface area contributed by atoms with Gasteiger partial charge in [0.2, 0.25) is 0 Å². The zero-order valence-electron chi connectivity index (χ0n) is 12.6. The van der Waals surface area contributed by atoms with Crippen LogP contribution in [0.3, 0.4) is 0 Å². The summed E-state index contributed by atoms with van der Waals surface area (Å²) in [5, 5.41) is 8.75. The Balaban J connectivity index is 1.89. The lowest BCUT2D eigenvalue weighted by atomic mass is 10.1. The average Bonchev–Trinajstić information content (AvgIpc) is 2.92. The molecule has 5 nitrogen and oxygen atoms in total. The SMILES string of the molecule is CC(C)Nc1ncnc2c1cnn2CC(Br)c1ccccc1. The molecule has 3 rings (SSSR count). The van der Waals surface area contributed by atoms with Gasteiger partial charge >= 0.3 is 0 Å². The summed E-state index contributed by atoms with van der Waals surface area (Å²) in [5.74, 6) is 0.831. The summed E-state index contributed by atoms with van der Waals surface area (Å²) in [6, 6.07) is 10.6. The number of nitrogens with zero attached hydrogens (tertiary/aromatic N) is 4. The molecule has 3 aromatic rings. The van der Waals surface area contributed by atoms with Gasteiger partial charge in [0.05, 0.1) is 23.0 Å². The van der Waals surface area contributed by atoms with Crippen molar-refractivity contribution in [3.05, 3.63) is 48.4 Å². The first-order chi connectivity index (χ1) is 10.6. The van der Waals surface area contributed by atoms with Gasteiger partial charge in [-0.2, -0.15) is 5.10 Å². The number of halogens is 1. The Morgan fingerprint density at radius 2 is 1.95 bits per heavy atom. The van der Waals surface area contributed by atoms with Gasteiger partial charge in [0.15, 0.2) is 5.65 Å². The lowest BCUT2D eigenvalue weighted by Crippen LogP contribution is -2.12. The highest BCUT2D eigenvalue weighted by atomic mass is 79.9. The summed E-state index contributed by atoms with van der Waals surface area (Å²) in [6.45, 7) is 4.89. The molecule has 0 saturated heterocycles. The quantitative estimate of drug-likeness (QED) is 0.704. The van der Waals surface area contributed by atoms with Gasteiger partial charge in [-0.05, 0) is 19.4 Å². The van der Waals surface area contributed by atoms with Crippen LogP contribution in [0, 0.1) is 0 Å². The van der Waals surface area contributed by atoms with Crippen molar-refractivity contribution in [1.82, 2.24) is 19.7 Å². The second-order valence-electron chi connectivity index (χ2n) is 5.46. The van der Waals surface area contributed by atoms with Crippen LogP contribution in [-0.4, -0.2) is 25.8 Å². The maximum Gasteiger partial charge on any atom is 0.163 e. The summed E-state index contributed by atoms with van der Waals surface area (Å²) in [4.78, 5) is 8.88. The normalized spacial score (nSPS) is 12.7. The number of alkyl halides is 1. The Bertz CT molecular complexity index is 754. The second kappa shape index (κ2) is 6.44. The van der Waals surface area contributed by atoms with E-state index in [1.807, 2.05) is 29.1 Å². The second-order valence-corrected chi connectivity index (χ2v) is 6.57. The summed E-state index contributed by atoms with van der Waals surface area (Å²) >= 11 is 3.73. The molecule has 0 aliphatic heterocycles. The van der Waals surface area contributed by atoms with Crippen molar-refractivity contribution in [2.24, 2.45) is 0 Å². The first-order valence-electron chi connectivity index (χ1n) is 7.27. The fourth-order valence-electron chi connectivity index (χ4n) is 2.33. The van der Waals surface area contributed by atoms with Gasteiger partial charge < -0.3 is 5.32 Å². The van der Waals surface area contributed by atoms with E-state index in [9.17, 15) is 0 Å². The molecule has 0 saturated carbocycles. The predicted molar refractivity (Wildman–Crippen MR) is 92.2 cm³/mol. The average molecular weight is 360 g/mol. The molecule has 0 fully saturated rings. The summed E-state index contributed by atoms with van der Waals surface area (Å²) in [5.41, 5.74) is 2.07. The third kappa shape index (κ3) is 3.11. The monoisotopic (exact) mass is 359 g/mol. The van der Waals surface area contributed by atoms with Crippen LogP contribution < -0.4 is 5.32 Å². The molecule has 1 unspecified atom stereocenters. The van der Waals surface area contributed by atoms with Crippen molar-refractivity contribution in [2.75, 3.05) is 5.32 Å². The molecule has 0 bridgehead atoms. The maximum atomic E-state index is 4.47. The van der Waals surface area contributed by atoms with E-state index in [1.165, 1.54) is 5.56 Å². The Morgan fingerprint density at radius 3 is 2.68 bits per heavy atom. The van der Waals surface area contributed by atoms with Crippen LogP contribution >= 0.6 is 15.9 Å². The van der Waals surface area contributed by atoms with E-state index in [2.05, 4.69) is 62.3 Å². The number of benzene rings is 1. The molecule has 0 radical (unpaired) electrons. The molecule has 2 aromatic heterocycles. The molecule has 1 aromatic carbocycles. The molecule has 114 valence electrons. The van der Waals surface area contributed by atoms with Gasteiger partial charge in [-0.3, -0.25) is 0 Å². The number of hydrogen-bond acceptors (Lipinski definition) is 4. The van der Waals surface area contributed by atoms with Crippen LogP contribution in [0.25, 0.3) is 11.0 Å². The Kier molecular flexibility index (Phi) is 4.38. The van der Waals surface area contributed by atoms with Crippen molar-refractivity contribution in [3.8, 4) is 0 Å². The Hall–Kier alpha value is -1.95. The molecule has 0 aliphatic rings. The van der Waals surface area contributed by atoms with E-state index in [0.717, 1.165) is 16.9 Å². The summed E-state index contributed by atoms with van der Waals surface area (Å²) in [6.07, 6.45) is 3.40. The number of hydrogen-bond donors (Lipinski definition) is 1. The van der Waals surface area contributed by atoms with Gasteiger partial charge in [-0.1, -0.05) is 46.3 Å². The van der Waals surface area contributed by atoms with E-state index in [4.69, 9.17) is 0 Å². The predicted octanol–water partition coefficient (Wildman–Crippen LogP) is 3.78. The number of nitrogens with one attached hydrogen (secondary N) is 1. The van der Waals surface area contributed by atoms with Crippen LogP contribution in [0.4, 0.5) is 5.82 Å². The van der Waals surface area contributed by atoms with E-state index in [-0.39, 0.29) is 4.83 Å². The Labute approximate surface area is 137 Å². The van der Waals surface area contributed by atoms with Crippen molar-refractivity contribution in [1.29, 1.82) is 0 Å². The number of rotatable bonds is 5. The van der Waals surface area contributed by atoms with Gasteiger partial charge in [-0.25, -0.2) is 14.6 Å². The molecule has 0 aliphatic carbocycles. The van der Waals surface area contributed by atoms with Gasteiger partial charge in [0.1, 0.15) is 12.1 Å². The van der Waals surface area contributed by atoms with Gasteiger partial charge in [-0.15, -0.1) is 0 Å². The number of anilines is 1. The molecule has 0 amide bonds. The van der Waals surface area contributed by atoms with Crippen LogP contribution in [0.1, 0.15) is 24.2 Å². The summed E-state index contributed by atoms with van der Waals surface area (Å²) < 4.78 is 1.91. The first-order valence-corrected chi connectivity index (χ1v) is 8.19. The smallest absolute Gasteiger partial charge is 0.163 e. The topological polar surface area (TPSA) is 55.6 Å². The minimum absolute atomic E-state index is 0.188. The molecule has 2 heterocycles. The van der Waals surface area contributed by atoms with E-state index < -0.39 is 0 Å². The fraction of sp³-hybridized carbons (Fsp3) is 0.312. The first kappa shape index (κ1) is 15.0. The maximum absolute atomic E-state index is 4.47. The van der Waals surface area contributed by atoms with Crippen molar-refractivity contribution < 1.29 is 0 Å². The molecular formula is C16H18BrN5. The fourth-order valence-corrected chi connectivity index (χ4v) is 2.91. The lowest BCUT2D eigenvalue weighted by Gasteiger charge is -2.12. The highest BCUT2D eigenvalue weighted by Crippen LogP contribution is 2.26. The van der Waals surface area contributed by atoms with Crippen molar-refractivity contribution in [2.45, 2.75) is 31.3 Å². The molecule has 22 heavy (non-hydrogen) atoms. The lowest BCUT2D eigenvalue weighted by molar-refractivity contribution is 0.626.